The largest absolute Gasteiger partial charge is 0.422 e. The average molecular weight is 600 g/mol. The Morgan fingerprint density at radius 2 is 1.65 bits per heavy atom. The first-order valence-electron chi connectivity index (χ1n) is 13.4. The zero-order chi connectivity index (χ0) is 30.5. The minimum Gasteiger partial charge on any atom is -0.358 e. The van der Waals surface area contributed by atoms with Gasteiger partial charge < -0.3 is 9.80 Å². The smallest absolute Gasteiger partial charge is 0.358 e. The third-order valence-electron chi connectivity index (χ3n) is 8.08. The van der Waals surface area contributed by atoms with E-state index in [4.69, 9.17) is 0 Å². The number of benzene rings is 2. The van der Waals surface area contributed by atoms with Crippen molar-refractivity contribution < 1.29 is 35.9 Å². The molecular weight excluding hydrogens is 576 g/mol. The van der Waals surface area contributed by atoms with Gasteiger partial charge in [0.05, 0.1) is 5.69 Å². The molecule has 43 heavy (non-hydrogen) atoms. The first kappa shape index (κ1) is 28.4. The molecule has 1 spiro atoms. The number of anilines is 1. The van der Waals surface area contributed by atoms with Crippen molar-refractivity contribution in [2.75, 3.05) is 24.5 Å². The van der Waals surface area contributed by atoms with Crippen molar-refractivity contribution in [3.8, 4) is 16.9 Å². The Kier molecular flexibility index (Phi) is 6.98. The molecule has 2 aliphatic heterocycles. The quantitative estimate of drug-likeness (QED) is 0.277. The molecule has 2 aromatic heterocycles. The first-order valence-corrected chi connectivity index (χ1v) is 13.4. The molecule has 0 radical (unpaired) electrons. The maximum atomic E-state index is 15.2. The summed E-state index contributed by atoms with van der Waals surface area (Å²) in [5.41, 5.74) is -2.71. The Labute approximate surface area is 241 Å². The van der Waals surface area contributed by atoms with Gasteiger partial charge in [0.25, 0.3) is 5.91 Å². The fourth-order valence-corrected chi connectivity index (χ4v) is 5.95. The molecule has 0 bridgehead atoms. The number of rotatable bonds is 4. The third-order valence-corrected chi connectivity index (χ3v) is 8.08. The maximum absolute atomic E-state index is 15.2. The number of pyridine rings is 1. The fraction of sp³-hybridized carbons (Fsp3) is 0.267. The lowest BCUT2D eigenvalue weighted by Crippen LogP contribution is -2.56. The molecule has 0 aliphatic carbocycles. The van der Waals surface area contributed by atoms with Crippen molar-refractivity contribution in [3.05, 3.63) is 95.7 Å². The molecule has 2 saturated heterocycles. The molecule has 2 aromatic carbocycles. The van der Waals surface area contributed by atoms with Gasteiger partial charge in [0, 0.05) is 49.7 Å². The number of Topliss-reactive ketones (excluding diaryl/α,β-unsaturated/α-hetero) is 1. The molecule has 2 aliphatic rings. The molecule has 1 amide bonds. The lowest BCUT2D eigenvalue weighted by Gasteiger charge is -2.44. The van der Waals surface area contributed by atoms with Gasteiger partial charge in [-0.1, -0.05) is 0 Å². The highest BCUT2D eigenvalue weighted by Gasteiger charge is 2.50. The van der Waals surface area contributed by atoms with Crippen molar-refractivity contribution in [3.63, 3.8) is 0 Å². The van der Waals surface area contributed by atoms with Crippen LogP contribution in [0, 0.1) is 17.5 Å². The number of likely N-dealkylation sites (tertiary alicyclic amines) is 1. The second-order valence-corrected chi connectivity index (χ2v) is 10.4. The van der Waals surface area contributed by atoms with E-state index in [1.807, 2.05) is 4.90 Å². The van der Waals surface area contributed by atoms with Crippen molar-refractivity contribution in [2.45, 2.75) is 31.0 Å². The summed E-state index contributed by atoms with van der Waals surface area (Å²) < 4.78 is 84.0. The number of halogens is 6. The van der Waals surface area contributed by atoms with Crippen molar-refractivity contribution in [1.29, 1.82) is 0 Å². The van der Waals surface area contributed by atoms with E-state index in [-0.39, 0.29) is 30.3 Å². The van der Waals surface area contributed by atoms with Crippen LogP contribution in [0.4, 0.5) is 32.0 Å². The summed E-state index contributed by atoms with van der Waals surface area (Å²) in [5.74, 6) is -4.60. The number of ketones is 1. The number of piperidine rings is 1. The Morgan fingerprint density at radius 1 is 0.930 bits per heavy atom. The summed E-state index contributed by atoms with van der Waals surface area (Å²) in [7, 11) is 0. The van der Waals surface area contributed by atoms with Gasteiger partial charge in [-0.05, 0) is 67.4 Å². The van der Waals surface area contributed by atoms with Gasteiger partial charge in [0.15, 0.2) is 17.3 Å². The maximum Gasteiger partial charge on any atom is 0.422 e. The molecule has 4 aromatic rings. The molecule has 7 nitrogen and oxygen atoms in total. The van der Waals surface area contributed by atoms with Crippen LogP contribution in [-0.4, -0.2) is 56.5 Å². The SMILES string of the molecule is O=C(c1cc(-c2cccnc2)n(-c2ccc(F)c(C(F)(F)F)c2F)n1)N1CCC2(CC1)C(=O)CCN2c1ccc(F)cc1. The van der Waals surface area contributed by atoms with E-state index in [1.165, 1.54) is 35.5 Å². The topological polar surface area (TPSA) is 71.3 Å². The van der Waals surface area contributed by atoms with E-state index in [9.17, 15) is 31.5 Å². The Morgan fingerprint density at radius 3 is 2.30 bits per heavy atom. The van der Waals surface area contributed by atoms with Gasteiger partial charge in [-0.15, -0.1) is 0 Å². The lowest BCUT2D eigenvalue weighted by atomic mass is 9.83. The van der Waals surface area contributed by atoms with Crippen LogP contribution in [0.5, 0.6) is 0 Å². The molecule has 2 fully saturated rings. The van der Waals surface area contributed by atoms with Gasteiger partial charge in [-0.2, -0.15) is 18.3 Å². The van der Waals surface area contributed by atoms with Crippen LogP contribution in [0.3, 0.4) is 0 Å². The number of aromatic nitrogens is 3. The zero-order valence-corrected chi connectivity index (χ0v) is 22.4. The van der Waals surface area contributed by atoms with Gasteiger partial charge in [-0.3, -0.25) is 14.6 Å². The van der Waals surface area contributed by atoms with E-state index in [0.29, 0.717) is 43.1 Å². The van der Waals surface area contributed by atoms with E-state index in [1.54, 1.807) is 24.3 Å². The second kappa shape index (κ2) is 10.5. The minimum atomic E-state index is -5.31. The molecule has 13 heteroatoms. The molecule has 6 rings (SSSR count). The number of nitrogens with zero attached hydrogens (tertiary/aromatic N) is 5. The Balaban J connectivity index is 1.32. The third kappa shape index (κ3) is 4.92. The number of carbonyl (C=O) groups excluding carboxylic acids is 2. The molecule has 0 N–H and O–H groups in total. The number of carbonyl (C=O) groups is 2. The van der Waals surface area contributed by atoms with Crippen molar-refractivity contribution in [1.82, 2.24) is 19.7 Å². The van der Waals surface area contributed by atoms with E-state index in [0.717, 1.165) is 10.7 Å². The van der Waals surface area contributed by atoms with Crippen molar-refractivity contribution in [2.24, 2.45) is 0 Å². The highest BCUT2D eigenvalue weighted by atomic mass is 19.4. The summed E-state index contributed by atoms with van der Waals surface area (Å²) >= 11 is 0. The predicted molar refractivity (Wildman–Crippen MR) is 143 cm³/mol. The molecule has 0 unspecified atom stereocenters. The lowest BCUT2D eigenvalue weighted by molar-refractivity contribution is -0.142. The van der Waals surface area contributed by atoms with Crippen LogP contribution in [0.2, 0.25) is 0 Å². The van der Waals surface area contributed by atoms with Gasteiger partial charge in [0.2, 0.25) is 0 Å². The zero-order valence-electron chi connectivity index (χ0n) is 22.4. The van der Waals surface area contributed by atoms with Crippen LogP contribution in [0.15, 0.2) is 67.0 Å². The summed E-state index contributed by atoms with van der Waals surface area (Å²) in [6, 6.07) is 11.6. The van der Waals surface area contributed by atoms with E-state index in [2.05, 4.69) is 10.1 Å². The Hall–Kier alpha value is -4.68. The molecule has 0 saturated carbocycles. The highest BCUT2D eigenvalue weighted by molar-refractivity contribution is 5.97. The molecular formula is C30H23F6N5O2. The standard InChI is InChI=1S/C30H23F6N5O2/c31-19-3-5-20(6-4-19)40-13-9-25(42)29(40)10-14-39(15-11-29)28(43)22-16-24(18-2-1-12-37-17-18)41(38-22)23-8-7-21(32)26(27(23)33)30(34,35)36/h1-8,12,16-17H,9-11,13-15H2. The number of amides is 1. The van der Waals surface area contributed by atoms with Gasteiger partial charge in [0.1, 0.15) is 28.4 Å². The number of hydrogen-bond acceptors (Lipinski definition) is 5. The van der Waals surface area contributed by atoms with Crippen LogP contribution in [0.25, 0.3) is 16.9 Å². The van der Waals surface area contributed by atoms with Crippen LogP contribution >= 0.6 is 0 Å². The normalized spacial score (nSPS) is 16.7. The van der Waals surface area contributed by atoms with Gasteiger partial charge >= 0.3 is 6.18 Å². The van der Waals surface area contributed by atoms with Crippen LogP contribution < -0.4 is 4.90 Å². The molecule has 222 valence electrons. The average Bonchev–Trinajstić information content (AvgIpc) is 3.55. The predicted octanol–water partition coefficient (Wildman–Crippen LogP) is 5.82. The van der Waals surface area contributed by atoms with Gasteiger partial charge in [-0.25, -0.2) is 17.9 Å². The summed E-state index contributed by atoms with van der Waals surface area (Å²) in [5, 5.41) is 4.18. The van der Waals surface area contributed by atoms with Crippen LogP contribution in [-0.2, 0) is 11.0 Å². The fourth-order valence-electron chi connectivity index (χ4n) is 5.95. The molecule has 4 heterocycles. The Bertz CT molecular complexity index is 1700. The minimum absolute atomic E-state index is 0.0271. The molecule has 0 atom stereocenters. The summed E-state index contributed by atoms with van der Waals surface area (Å²) in [4.78, 5) is 34.1. The monoisotopic (exact) mass is 599 g/mol. The highest BCUT2D eigenvalue weighted by Crippen LogP contribution is 2.40. The van der Waals surface area contributed by atoms with E-state index < -0.39 is 46.3 Å². The number of alkyl halides is 3. The van der Waals surface area contributed by atoms with Crippen LogP contribution in [0.1, 0.15) is 35.3 Å². The van der Waals surface area contributed by atoms with E-state index >= 15 is 4.39 Å². The summed E-state index contributed by atoms with van der Waals surface area (Å²) in [6.07, 6.45) is -1.58. The summed E-state index contributed by atoms with van der Waals surface area (Å²) in [6.45, 7) is 0.793. The number of hydrogen-bond donors (Lipinski definition) is 0. The first-order chi connectivity index (χ1) is 20.5. The van der Waals surface area contributed by atoms with Crippen molar-refractivity contribution >= 4 is 17.4 Å². The second-order valence-electron chi connectivity index (χ2n) is 10.4.